The van der Waals surface area contributed by atoms with Gasteiger partial charge in [-0.05, 0) is 168 Å². The van der Waals surface area contributed by atoms with Crippen molar-refractivity contribution < 1.29 is 0 Å². The van der Waals surface area contributed by atoms with E-state index >= 15 is 0 Å². The minimum atomic E-state index is -0.556. The fourth-order valence-corrected chi connectivity index (χ4v) is 14.0. The van der Waals surface area contributed by atoms with Crippen LogP contribution in [0, 0.1) is 0 Å². The van der Waals surface area contributed by atoms with Crippen molar-refractivity contribution in [3.63, 3.8) is 0 Å². The summed E-state index contributed by atoms with van der Waals surface area (Å²) < 4.78 is 0. The maximum absolute atomic E-state index is 2.82. The van der Waals surface area contributed by atoms with Gasteiger partial charge in [0.05, 0.1) is 22.5 Å². The molecule has 0 saturated heterocycles. The van der Waals surface area contributed by atoms with Gasteiger partial charge in [0.2, 0.25) is 0 Å². The lowest BCUT2D eigenvalue weighted by atomic mass is 9.61. The van der Waals surface area contributed by atoms with Crippen LogP contribution < -0.4 is 4.90 Å². The Bertz CT molecular complexity index is 3000. The molecule has 0 aliphatic heterocycles. The fourth-order valence-electron chi connectivity index (χ4n) is 14.0. The van der Waals surface area contributed by atoms with E-state index in [1.54, 1.807) is 0 Å². The van der Waals surface area contributed by atoms with Crippen molar-refractivity contribution >= 4 is 17.1 Å². The summed E-state index contributed by atoms with van der Waals surface area (Å²) in [6.07, 6.45) is 6.92. The maximum atomic E-state index is 2.82. The predicted molar refractivity (Wildman–Crippen MR) is 290 cm³/mol. The normalized spacial score (nSPS) is 20.2. The Kier molecular flexibility index (Phi) is 10.00. The number of hydrogen-bond acceptors (Lipinski definition) is 1. The number of fused-ring (bicyclic) bond motifs is 6. The summed E-state index contributed by atoms with van der Waals surface area (Å²) in [4.78, 5) is 2.82. The standard InChI is InChI=1S/C67H73N/c1-61(2)36-39-64(7,8)58-47(29-21-31-51(58)61)49-42-48-46-28-19-20-30-50(46)67(44-24-15-13-16-25-44,45-26-17-14-18-27-45)54(48)43-57(49)68(55-34-22-32-52-59(55)65(9,10)40-37-62(52,3)4)56-35-23-33-53-60(56)66(11,12)41-38-63(53,5)6/h13-35,42-43H,36-41H2,1-12H3. The summed E-state index contributed by atoms with van der Waals surface area (Å²) in [7, 11) is 0. The van der Waals surface area contributed by atoms with Gasteiger partial charge < -0.3 is 4.90 Å². The van der Waals surface area contributed by atoms with Crippen LogP contribution in [-0.4, -0.2) is 0 Å². The number of benzene rings is 7. The van der Waals surface area contributed by atoms with Crippen LogP contribution in [0.15, 0.2) is 152 Å². The molecule has 0 fully saturated rings. The van der Waals surface area contributed by atoms with Crippen molar-refractivity contribution in [1.29, 1.82) is 0 Å². The van der Waals surface area contributed by atoms with Gasteiger partial charge in [-0.3, -0.25) is 0 Å². The van der Waals surface area contributed by atoms with Crippen LogP contribution in [0.25, 0.3) is 22.3 Å². The lowest BCUT2D eigenvalue weighted by Gasteiger charge is -2.47. The van der Waals surface area contributed by atoms with E-state index in [0.29, 0.717) is 0 Å². The third-order valence-corrected chi connectivity index (χ3v) is 18.1. The highest BCUT2D eigenvalue weighted by atomic mass is 15.2. The lowest BCUT2D eigenvalue weighted by molar-refractivity contribution is 0.331. The first-order chi connectivity index (χ1) is 32.2. The van der Waals surface area contributed by atoms with Crippen LogP contribution in [0.2, 0.25) is 0 Å². The van der Waals surface area contributed by atoms with Gasteiger partial charge in [-0.2, -0.15) is 0 Å². The van der Waals surface area contributed by atoms with Crippen LogP contribution in [0.4, 0.5) is 17.1 Å². The summed E-state index contributed by atoms with van der Waals surface area (Å²) in [5.41, 5.74) is 22.9. The Balaban J connectivity index is 1.37. The molecule has 7 aromatic carbocycles. The molecule has 1 nitrogen and oxygen atoms in total. The molecule has 346 valence electrons. The highest BCUT2D eigenvalue weighted by molar-refractivity contribution is 5.99. The molecule has 1 heteroatoms. The zero-order valence-corrected chi connectivity index (χ0v) is 43.1. The molecule has 0 amide bonds. The first-order valence-electron chi connectivity index (χ1n) is 25.8. The highest BCUT2D eigenvalue weighted by Gasteiger charge is 2.49. The number of nitrogens with zero attached hydrogens (tertiary/aromatic N) is 1. The Morgan fingerprint density at radius 2 is 0.662 bits per heavy atom. The average molecular weight is 892 g/mol. The molecule has 11 rings (SSSR count). The van der Waals surface area contributed by atoms with Gasteiger partial charge in [0.25, 0.3) is 0 Å². The molecule has 0 heterocycles. The van der Waals surface area contributed by atoms with Crippen LogP contribution >= 0.6 is 0 Å². The molecule has 0 N–H and O–H groups in total. The van der Waals surface area contributed by atoms with E-state index in [2.05, 4.69) is 240 Å². The topological polar surface area (TPSA) is 3.24 Å². The first-order valence-corrected chi connectivity index (χ1v) is 25.8. The van der Waals surface area contributed by atoms with E-state index in [4.69, 9.17) is 0 Å². The van der Waals surface area contributed by atoms with Gasteiger partial charge in [-0.25, -0.2) is 0 Å². The first kappa shape index (κ1) is 44.8. The maximum Gasteiger partial charge on any atom is 0.0714 e. The number of anilines is 3. The molecule has 0 spiro atoms. The number of hydrogen-bond donors (Lipinski definition) is 0. The minimum absolute atomic E-state index is 0.0197. The molecule has 0 saturated carbocycles. The smallest absolute Gasteiger partial charge is 0.0714 e. The second-order valence-corrected chi connectivity index (χ2v) is 25.2. The van der Waals surface area contributed by atoms with Crippen LogP contribution in [-0.2, 0) is 37.9 Å². The summed E-state index contributed by atoms with van der Waals surface area (Å²) in [5.74, 6) is 0. The van der Waals surface area contributed by atoms with Crippen LogP contribution in [0.3, 0.4) is 0 Å². The molecule has 68 heavy (non-hydrogen) atoms. The molecule has 7 aromatic rings. The molecule has 0 aromatic heterocycles. The van der Waals surface area contributed by atoms with Gasteiger partial charge in [0.15, 0.2) is 0 Å². The summed E-state index contributed by atoms with van der Waals surface area (Å²) in [6.45, 7) is 30.0. The molecular formula is C67H73N. The van der Waals surface area contributed by atoms with E-state index in [1.165, 1.54) is 114 Å². The van der Waals surface area contributed by atoms with E-state index < -0.39 is 5.41 Å². The van der Waals surface area contributed by atoms with Crippen molar-refractivity contribution in [2.75, 3.05) is 4.90 Å². The Hall–Kier alpha value is -5.66. The number of rotatable bonds is 6. The van der Waals surface area contributed by atoms with Gasteiger partial charge >= 0.3 is 0 Å². The molecule has 0 radical (unpaired) electrons. The second kappa shape index (κ2) is 15.2. The zero-order valence-electron chi connectivity index (χ0n) is 43.1. The zero-order chi connectivity index (χ0) is 47.8. The van der Waals surface area contributed by atoms with E-state index in [0.717, 1.165) is 19.3 Å². The fraction of sp³-hybridized carbons (Fsp3) is 0.373. The Labute approximate surface area is 409 Å². The van der Waals surface area contributed by atoms with Crippen molar-refractivity contribution in [3.8, 4) is 22.3 Å². The Morgan fingerprint density at radius 3 is 1.16 bits per heavy atom. The third-order valence-electron chi connectivity index (χ3n) is 18.1. The quantitative estimate of drug-likeness (QED) is 0.161. The summed E-state index contributed by atoms with van der Waals surface area (Å²) in [6, 6.07) is 59.4. The Morgan fingerprint density at radius 1 is 0.279 bits per heavy atom. The van der Waals surface area contributed by atoms with Crippen molar-refractivity contribution in [3.05, 3.63) is 207 Å². The van der Waals surface area contributed by atoms with E-state index in [-0.39, 0.29) is 32.5 Å². The van der Waals surface area contributed by atoms with Gasteiger partial charge in [-0.15, -0.1) is 0 Å². The van der Waals surface area contributed by atoms with E-state index in [9.17, 15) is 0 Å². The molecule has 0 atom stereocenters. The lowest BCUT2D eigenvalue weighted by Crippen LogP contribution is -2.37. The second-order valence-electron chi connectivity index (χ2n) is 25.2. The summed E-state index contributed by atoms with van der Waals surface area (Å²) >= 11 is 0. The van der Waals surface area contributed by atoms with Crippen molar-refractivity contribution in [1.82, 2.24) is 0 Å². The summed E-state index contributed by atoms with van der Waals surface area (Å²) in [5, 5.41) is 0. The highest BCUT2D eigenvalue weighted by Crippen LogP contribution is 2.62. The SMILES string of the molecule is CC1(C)CCC(C)(C)c2c(-c3cc4c(cc3N(c3cccc5c3C(C)(C)CCC5(C)C)c3cccc5c3C(C)(C)CCC5(C)C)C(c3ccccc3)(c3ccccc3)c3ccccc3-4)cccc21. The molecule has 0 unspecified atom stereocenters. The van der Waals surface area contributed by atoms with Gasteiger partial charge in [0.1, 0.15) is 0 Å². The van der Waals surface area contributed by atoms with Crippen molar-refractivity contribution in [2.24, 2.45) is 0 Å². The van der Waals surface area contributed by atoms with Gasteiger partial charge in [0, 0.05) is 5.56 Å². The molecule has 4 aliphatic rings. The molecular weight excluding hydrogens is 819 g/mol. The third kappa shape index (κ3) is 6.53. The van der Waals surface area contributed by atoms with Crippen LogP contribution in [0.5, 0.6) is 0 Å². The average Bonchev–Trinajstić information content (AvgIpc) is 3.61. The molecule has 0 bridgehead atoms. The molecule has 4 aliphatic carbocycles. The van der Waals surface area contributed by atoms with E-state index in [1.807, 2.05) is 0 Å². The van der Waals surface area contributed by atoms with Crippen LogP contribution in [0.1, 0.15) is 177 Å². The minimum Gasteiger partial charge on any atom is -0.309 e. The predicted octanol–water partition coefficient (Wildman–Crippen LogP) is 18.2. The largest absolute Gasteiger partial charge is 0.309 e. The van der Waals surface area contributed by atoms with Crippen molar-refractivity contribution in [2.45, 2.75) is 160 Å². The monoisotopic (exact) mass is 892 g/mol. The van der Waals surface area contributed by atoms with Gasteiger partial charge in [-0.1, -0.05) is 210 Å².